The molecule has 23 heavy (non-hydrogen) atoms. The average molecular weight is 337 g/mol. The van der Waals surface area contributed by atoms with Crippen LogP contribution in [0.1, 0.15) is 44.4 Å². The summed E-state index contributed by atoms with van der Waals surface area (Å²) in [5.41, 5.74) is 0. The molecule has 1 aromatic rings. The number of hydrogen-bond donors (Lipinski definition) is 2. The van der Waals surface area contributed by atoms with Gasteiger partial charge < -0.3 is 15.5 Å². The second-order valence-electron chi connectivity index (χ2n) is 5.88. The minimum atomic E-state index is 0.249. The van der Waals surface area contributed by atoms with Gasteiger partial charge in [0.15, 0.2) is 5.96 Å². The van der Waals surface area contributed by atoms with Crippen LogP contribution in [0.25, 0.3) is 0 Å². The Labute approximate surface area is 143 Å². The van der Waals surface area contributed by atoms with E-state index in [1.165, 1.54) is 11.3 Å². The fourth-order valence-corrected chi connectivity index (χ4v) is 3.43. The van der Waals surface area contributed by atoms with E-state index in [9.17, 15) is 4.79 Å². The smallest absolute Gasteiger partial charge is 0.224 e. The van der Waals surface area contributed by atoms with Gasteiger partial charge in [-0.15, -0.1) is 11.3 Å². The second kappa shape index (κ2) is 9.55. The Kier molecular flexibility index (Phi) is 7.39. The largest absolute Gasteiger partial charge is 0.357 e. The van der Waals surface area contributed by atoms with Gasteiger partial charge >= 0.3 is 0 Å². The topological polar surface area (TPSA) is 56.7 Å². The number of carbonyl (C=O) groups excluding carboxylic acids is 1. The van der Waals surface area contributed by atoms with E-state index in [1.807, 2.05) is 17.9 Å². The molecule has 2 N–H and O–H groups in total. The lowest BCUT2D eigenvalue weighted by Crippen LogP contribution is -2.44. The maximum absolute atomic E-state index is 12.3. The third kappa shape index (κ3) is 5.86. The zero-order valence-corrected chi connectivity index (χ0v) is 15.0. The van der Waals surface area contributed by atoms with Crippen molar-refractivity contribution in [2.24, 2.45) is 4.99 Å². The summed E-state index contributed by atoms with van der Waals surface area (Å²) in [6.07, 6.45) is 4.02. The molecule has 1 unspecified atom stereocenters. The molecule has 2 rings (SSSR count). The predicted molar refractivity (Wildman–Crippen MR) is 96.8 cm³/mol. The molecule has 1 aliphatic heterocycles. The number of carbonyl (C=O) groups is 1. The number of rotatable bonds is 6. The zero-order chi connectivity index (χ0) is 16.5. The molecular formula is C17H28N4OS. The van der Waals surface area contributed by atoms with E-state index in [-0.39, 0.29) is 5.91 Å². The minimum absolute atomic E-state index is 0.249. The monoisotopic (exact) mass is 336 g/mol. The third-order valence-corrected chi connectivity index (χ3v) is 4.93. The van der Waals surface area contributed by atoms with Crippen molar-refractivity contribution in [1.29, 1.82) is 0 Å². The number of likely N-dealkylation sites (tertiary alicyclic amines) is 1. The van der Waals surface area contributed by atoms with Crippen molar-refractivity contribution in [1.82, 2.24) is 15.5 Å². The lowest BCUT2D eigenvalue weighted by molar-refractivity contribution is -0.134. The molecule has 1 saturated heterocycles. The summed E-state index contributed by atoms with van der Waals surface area (Å²) in [7, 11) is 0. The Morgan fingerprint density at radius 2 is 2.30 bits per heavy atom. The van der Waals surface area contributed by atoms with E-state index in [0.29, 0.717) is 25.6 Å². The van der Waals surface area contributed by atoms with Crippen LogP contribution in [-0.4, -0.2) is 42.4 Å². The van der Waals surface area contributed by atoms with Crippen molar-refractivity contribution >= 4 is 23.2 Å². The van der Waals surface area contributed by atoms with Crippen LogP contribution in [0.15, 0.2) is 22.5 Å². The van der Waals surface area contributed by atoms with Crippen molar-refractivity contribution in [3.63, 3.8) is 0 Å². The van der Waals surface area contributed by atoms with E-state index in [2.05, 4.69) is 34.0 Å². The summed E-state index contributed by atoms with van der Waals surface area (Å²) in [4.78, 5) is 20.1. The van der Waals surface area contributed by atoms with Crippen LogP contribution in [0.5, 0.6) is 0 Å². The van der Waals surface area contributed by atoms with Gasteiger partial charge in [0.05, 0.1) is 6.54 Å². The summed E-state index contributed by atoms with van der Waals surface area (Å²) in [6.45, 7) is 7.21. The van der Waals surface area contributed by atoms with E-state index < -0.39 is 0 Å². The highest BCUT2D eigenvalue weighted by atomic mass is 32.1. The minimum Gasteiger partial charge on any atom is -0.357 e. The first-order valence-electron chi connectivity index (χ1n) is 8.54. The highest BCUT2D eigenvalue weighted by molar-refractivity contribution is 7.09. The van der Waals surface area contributed by atoms with Crippen LogP contribution in [-0.2, 0) is 11.3 Å². The van der Waals surface area contributed by atoms with E-state index >= 15 is 0 Å². The Morgan fingerprint density at radius 3 is 3.00 bits per heavy atom. The number of nitrogens with zero attached hydrogens (tertiary/aromatic N) is 2. The molecule has 2 heterocycles. The van der Waals surface area contributed by atoms with Crippen LogP contribution >= 0.6 is 11.3 Å². The molecule has 1 atom stereocenters. The fraction of sp³-hybridized carbons (Fsp3) is 0.647. The van der Waals surface area contributed by atoms with Gasteiger partial charge in [-0.1, -0.05) is 6.07 Å². The molecule has 6 heteroatoms. The van der Waals surface area contributed by atoms with Crippen molar-refractivity contribution in [3.05, 3.63) is 22.4 Å². The van der Waals surface area contributed by atoms with Crippen molar-refractivity contribution in [2.45, 2.75) is 52.1 Å². The molecule has 1 amide bonds. The van der Waals surface area contributed by atoms with Gasteiger partial charge in [-0.3, -0.25) is 4.79 Å². The molecule has 128 valence electrons. The van der Waals surface area contributed by atoms with Gasteiger partial charge in [0, 0.05) is 37.0 Å². The fourth-order valence-electron chi connectivity index (χ4n) is 2.80. The molecule has 0 aliphatic carbocycles. The standard InChI is InChI=1S/C17H28N4OS/c1-3-18-17(20-13-15-8-6-12-23-15)19-10-9-16(22)21-11-5-4-7-14(21)2/h6,8,12,14H,3-5,7,9-11,13H2,1-2H3,(H2,18,19,20). The zero-order valence-electron chi connectivity index (χ0n) is 14.2. The Balaban J connectivity index is 1.77. The number of nitrogens with one attached hydrogen (secondary N) is 2. The Morgan fingerprint density at radius 1 is 1.43 bits per heavy atom. The Bertz CT molecular complexity index is 501. The maximum atomic E-state index is 12.3. The number of hydrogen-bond acceptors (Lipinski definition) is 3. The van der Waals surface area contributed by atoms with Gasteiger partial charge in [-0.2, -0.15) is 0 Å². The molecule has 0 spiro atoms. The summed E-state index contributed by atoms with van der Waals surface area (Å²) >= 11 is 1.71. The number of piperidine rings is 1. The van der Waals surface area contributed by atoms with E-state index in [1.54, 1.807) is 11.3 Å². The van der Waals surface area contributed by atoms with E-state index in [4.69, 9.17) is 0 Å². The SMILES string of the molecule is CCNC(=NCc1cccs1)NCCC(=O)N1CCCCC1C. The quantitative estimate of drug-likeness (QED) is 0.620. The molecule has 0 radical (unpaired) electrons. The first-order valence-corrected chi connectivity index (χ1v) is 9.42. The van der Waals surface area contributed by atoms with Gasteiger partial charge in [0.25, 0.3) is 0 Å². The molecule has 1 aliphatic rings. The summed E-state index contributed by atoms with van der Waals surface area (Å²) in [5.74, 6) is 1.03. The van der Waals surface area contributed by atoms with Crippen molar-refractivity contribution < 1.29 is 4.79 Å². The maximum Gasteiger partial charge on any atom is 0.224 e. The summed E-state index contributed by atoms with van der Waals surface area (Å²) < 4.78 is 0. The summed E-state index contributed by atoms with van der Waals surface area (Å²) in [5, 5.41) is 8.55. The van der Waals surface area contributed by atoms with Gasteiger partial charge in [-0.25, -0.2) is 4.99 Å². The van der Waals surface area contributed by atoms with Gasteiger partial charge in [0.1, 0.15) is 0 Å². The van der Waals surface area contributed by atoms with Crippen LogP contribution < -0.4 is 10.6 Å². The molecule has 1 fully saturated rings. The number of aliphatic imine (C=N–C) groups is 1. The number of thiophene rings is 1. The van der Waals surface area contributed by atoms with Crippen LogP contribution in [0.4, 0.5) is 0 Å². The molecule has 0 saturated carbocycles. The Hall–Kier alpha value is -1.56. The number of amides is 1. The highest BCUT2D eigenvalue weighted by Crippen LogP contribution is 2.17. The lowest BCUT2D eigenvalue weighted by atomic mass is 10.0. The molecule has 0 aromatic carbocycles. The molecular weight excluding hydrogens is 308 g/mol. The highest BCUT2D eigenvalue weighted by Gasteiger charge is 2.22. The number of guanidine groups is 1. The third-order valence-electron chi connectivity index (χ3n) is 4.07. The van der Waals surface area contributed by atoms with E-state index in [0.717, 1.165) is 31.9 Å². The molecule has 0 bridgehead atoms. The van der Waals surface area contributed by atoms with Crippen molar-refractivity contribution in [2.75, 3.05) is 19.6 Å². The first-order chi connectivity index (χ1) is 11.2. The van der Waals surface area contributed by atoms with Gasteiger partial charge in [0.2, 0.25) is 5.91 Å². The molecule has 1 aromatic heterocycles. The molecule has 5 nitrogen and oxygen atoms in total. The van der Waals surface area contributed by atoms with Crippen molar-refractivity contribution in [3.8, 4) is 0 Å². The second-order valence-corrected chi connectivity index (χ2v) is 6.92. The predicted octanol–water partition coefficient (Wildman–Crippen LogP) is 2.59. The summed E-state index contributed by atoms with van der Waals surface area (Å²) in [6, 6.07) is 4.50. The van der Waals surface area contributed by atoms with Crippen LogP contribution in [0.2, 0.25) is 0 Å². The van der Waals surface area contributed by atoms with Crippen LogP contribution in [0.3, 0.4) is 0 Å². The first kappa shape index (κ1) is 17.8. The average Bonchev–Trinajstić information content (AvgIpc) is 3.06. The normalized spacial score (nSPS) is 18.8. The lowest BCUT2D eigenvalue weighted by Gasteiger charge is -2.33. The van der Waals surface area contributed by atoms with Crippen LogP contribution in [0, 0.1) is 0 Å². The van der Waals surface area contributed by atoms with Gasteiger partial charge in [-0.05, 0) is 44.6 Å².